The highest BCUT2D eigenvalue weighted by atomic mass is 16.5. The lowest BCUT2D eigenvalue weighted by Crippen LogP contribution is -2.67. The van der Waals surface area contributed by atoms with E-state index in [0.717, 1.165) is 25.3 Å². The van der Waals surface area contributed by atoms with E-state index < -0.39 is 11.4 Å². The first kappa shape index (κ1) is 32.0. The number of carbonyl (C=O) groups excluding carboxylic acids is 1. The third kappa shape index (κ3) is 4.64. The van der Waals surface area contributed by atoms with Crippen LogP contribution in [0.3, 0.4) is 0 Å². The average Bonchev–Trinajstić information content (AvgIpc) is 3.25. The molecule has 0 saturated heterocycles. The number of ether oxygens (including phenoxy) is 1. The summed E-state index contributed by atoms with van der Waals surface area (Å²) in [7, 11) is 0. The fraction of sp³-hybridized carbons (Fsp3) is 0.892. The van der Waals surface area contributed by atoms with Crippen molar-refractivity contribution in [2.24, 2.45) is 67.8 Å². The van der Waals surface area contributed by atoms with Crippen LogP contribution >= 0.6 is 0 Å². The molecule has 238 valence electrons. The van der Waals surface area contributed by atoms with E-state index >= 15 is 0 Å². The molecule has 5 nitrogen and oxygen atoms in total. The number of fused-ring (bicyclic) bond motifs is 7. The SMILES string of the molecule is C=C(C)C1CC[C@]2(CN)CC[C@]3(C)[C@H](CC[C@@H]4[C@@]5(C)CC[C@H](OC(=O)CC(C)(C)CC(=O)O)C(C)(C)[C@@H]5CC[C@]43C)[C@@H]12. The van der Waals surface area contributed by atoms with Crippen molar-refractivity contribution in [2.45, 2.75) is 139 Å². The second kappa shape index (κ2) is 10.3. The normalized spacial score (nSPS) is 46.0. The summed E-state index contributed by atoms with van der Waals surface area (Å²) < 4.78 is 6.24. The van der Waals surface area contributed by atoms with Gasteiger partial charge in [0, 0.05) is 5.41 Å². The van der Waals surface area contributed by atoms with Crippen LogP contribution in [-0.2, 0) is 14.3 Å². The summed E-state index contributed by atoms with van der Waals surface area (Å²) in [4.78, 5) is 24.4. The monoisotopic (exact) mass is 583 g/mol. The Bertz CT molecular complexity index is 1110. The van der Waals surface area contributed by atoms with Gasteiger partial charge >= 0.3 is 11.9 Å². The molecule has 0 aliphatic heterocycles. The maximum absolute atomic E-state index is 13.1. The first-order valence-electron chi connectivity index (χ1n) is 17.1. The van der Waals surface area contributed by atoms with Crippen molar-refractivity contribution in [2.75, 3.05) is 6.54 Å². The standard InChI is InChI=1S/C37H61NO4/c1-23(2)24-12-17-37(22-38)19-18-35(8)25(31(24)37)10-11-27-34(7)15-14-28(33(5,6)26(34)13-16-36(27,35)9)42-30(41)21-32(3,4)20-29(39)40/h24-28,31H,1,10-22,38H2,2-9H3,(H,39,40)/t24?,25-,26+,27-,28+,31-,34+,35-,36-,37-/m1/s1. The van der Waals surface area contributed by atoms with E-state index in [4.69, 9.17) is 10.5 Å². The number of carbonyl (C=O) groups is 2. The van der Waals surface area contributed by atoms with Gasteiger partial charge in [-0.2, -0.15) is 0 Å². The molecule has 0 bridgehead atoms. The Labute approximate surface area is 256 Å². The second-order valence-corrected chi connectivity index (χ2v) is 18.0. The molecule has 5 aliphatic carbocycles. The van der Waals surface area contributed by atoms with E-state index in [0.29, 0.717) is 39.9 Å². The number of carboxylic acids is 1. The number of hydrogen-bond donors (Lipinski definition) is 2. The van der Waals surface area contributed by atoms with Crippen LogP contribution in [0.1, 0.15) is 132 Å². The highest BCUT2D eigenvalue weighted by Crippen LogP contribution is 2.77. The van der Waals surface area contributed by atoms with E-state index in [2.05, 4.69) is 48.1 Å². The van der Waals surface area contributed by atoms with Crippen LogP contribution in [0.25, 0.3) is 0 Å². The van der Waals surface area contributed by atoms with Gasteiger partial charge in [-0.1, -0.05) is 60.6 Å². The molecular formula is C37H61NO4. The zero-order chi connectivity index (χ0) is 31.1. The number of rotatable bonds is 7. The lowest BCUT2D eigenvalue weighted by atomic mass is 9.32. The molecular weight excluding hydrogens is 522 g/mol. The highest BCUT2D eigenvalue weighted by Gasteiger charge is 2.70. The summed E-state index contributed by atoms with van der Waals surface area (Å²) in [6, 6.07) is 0. The average molecular weight is 584 g/mol. The molecule has 0 aromatic heterocycles. The van der Waals surface area contributed by atoms with E-state index in [-0.39, 0.29) is 35.7 Å². The smallest absolute Gasteiger partial charge is 0.306 e. The molecule has 0 radical (unpaired) electrons. The van der Waals surface area contributed by atoms with Crippen LogP contribution in [0.15, 0.2) is 12.2 Å². The molecule has 3 N–H and O–H groups in total. The van der Waals surface area contributed by atoms with Crippen molar-refractivity contribution in [3.8, 4) is 0 Å². The molecule has 10 atom stereocenters. The van der Waals surface area contributed by atoms with Crippen molar-refractivity contribution in [1.29, 1.82) is 0 Å². The third-order valence-corrected chi connectivity index (χ3v) is 15.1. The van der Waals surface area contributed by atoms with Crippen LogP contribution in [0.4, 0.5) is 0 Å². The summed E-state index contributed by atoms with van der Waals surface area (Å²) in [6.45, 7) is 23.9. The van der Waals surface area contributed by atoms with Gasteiger partial charge in [-0.25, -0.2) is 0 Å². The maximum Gasteiger partial charge on any atom is 0.306 e. The van der Waals surface area contributed by atoms with Crippen LogP contribution in [0.5, 0.6) is 0 Å². The number of nitrogens with two attached hydrogens (primary N) is 1. The number of carboxylic acid groups (broad SMARTS) is 1. The van der Waals surface area contributed by atoms with E-state index in [1.807, 2.05) is 13.8 Å². The van der Waals surface area contributed by atoms with E-state index in [1.165, 1.54) is 56.9 Å². The molecule has 0 aromatic carbocycles. The van der Waals surface area contributed by atoms with Crippen LogP contribution in [0.2, 0.25) is 0 Å². The maximum atomic E-state index is 13.1. The van der Waals surface area contributed by atoms with Crippen LogP contribution < -0.4 is 5.73 Å². The summed E-state index contributed by atoms with van der Waals surface area (Å²) in [6.07, 6.45) is 12.2. The predicted molar refractivity (Wildman–Crippen MR) is 169 cm³/mol. The zero-order valence-electron chi connectivity index (χ0n) is 28.1. The molecule has 0 spiro atoms. The van der Waals surface area contributed by atoms with Crippen molar-refractivity contribution < 1.29 is 19.4 Å². The number of aliphatic carboxylic acids is 1. The lowest BCUT2D eigenvalue weighted by Gasteiger charge is -2.73. The lowest BCUT2D eigenvalue weighted by molar-refractivity contribution is -0.249. The molecule has 5 heteroatoms. The first-order chi connectivity index (χ1) is 19.4. The van der Waals surface area contributed by atoms with Gasteiger partial charge in [-0.05, 0) is 134 Å². The van der Waals surface area contributed by atoms with Gasteiger partial charge in [0.1, 0.15) is 6.10 Å². The minimum atomic E-state index is -0.870. The minimum Gasteiger partial charge on any atom is -0.481 e. The number of hydrogen-bond acceptors (Lipinski definition) is 4. The van der Waals surface area contributed by atoms with Gasteiger partial charge in [-0.15, -0.1) is 0 Å². The molecule has 0 amide bonds. The Morgan fingerprint density at radius 1 is 0.881 bits per heavy atom. The van der Waals surface area contributed by atoms with Crippen LogP contribution in [0, 0.1) is 62.1 Å². The molecule has 5 rings (SSSR count). The second-order valence-electron chi connectivity index (χ2n) is 18.0. The summed E-state index contributed by atoms with van der Waals surface area (Å²) in [5.41, 5.74) is 8.41. The van der Waals surface area contributed by atoms with Crippen molar-refractivity contribution in [1.82, 2.24) is 0 Å². The van der Waals surface area contributed by atoms with Gasteiger partial charge in [0.15, 0.2) is 0 Å². The summed E-state index contributed by atoms with van der Waals surface area (Å²) in [5.74, 6) is 2.08. The first-order valence-corrected chi connectivity index (χ1v) is 17.1. The molecule has 0 heterocycles. The molecule has 42 heavy (non-hydrogen) atoms. The Morgan fingerprint density at radius 2 is 1.57 bits per heavy atom. The Morgan fingerprint density at radius 3 is 2.19 bits per heavy atom. The van der Waals surface area contributed by atoms with Gasteiger partial charge < -0.3 is 15.6 Å². The number of esters is 1. The van der Waals surface area contributed by atoms with Gasteiger partial charge in [0.2, 0.25) is 0 Å². The van der Waals surface area contributed by atoms with Crippen LogP contribution in [-0.4, -0.2) is 29.7 Å². The highest BCUT2D eigenvalue weighted by molar-refractivity contribution is 5.73. The van der Waals surface area contributed by atoms with Crippen molar-refractivity contribution >= 4 is 11.9 Å². The van der Waals surface area contributed by atoms with Crippen molar-refractivity contribution in [3.05, 3.63) is 12.2 Å². The molecule has 5 saturated carbocycles. The quantitative estimate of drug-likeness (QED) is 0.232. The fourth-order valence-electron chi connectivity index (χ4n) is 12.9. The fourth-order valence-corrected chi connectivity index (χ4v) is 12.9. The van der Waals surface area contributed by atoms with E-state index in [9.17, 15) is 14.7 Å². The van der Waals surface area contributed by atoms with Gasteiger partial charge in [-0.3, -0.25) is 9.59 Å². The molecule has 0 aromatic rings. The Balaban J connectivity index is 1.39. The molecule has 5 aliphatic rings. The number of allylic oxidation sites excluding steroid dienone is 1. The minimum absolute atomic E-state index is 0.0305. The zero-order valence-corrected chi connectivity index (χ0v) is 28.1. The summed E-state index contributed by atoms with van der Waals surface area (Å²) in [5, 5.41) is 9.28. The van der Waals surface area contributed by atoms with E-state index in [1.54, 1.807) is 0 Å². The Kier molecular flexibility index (Phi) is 7.89. The molecule has 1 unspecified atom stereocenters. The molecule has 5 fully saturated rings. The topological polar surface area (TPSA) is 89.6 Å². The van der Waals surface area contributed by atoms with Crippen molar-refractivity contribution in [3.63, 3.8) is 0 Å². The van der Waals surface area contributed by atoms with Gasteiger partial charge in [0.05, 0.1) is 12.8 Å². The van der Waals surface area contributed by atoms with Gasteiger partial charge in [0.25, 0.3) is 0 Å². The predicted octanol–water partition coefficient (Wildman–Crippen LogP) is 8.41. The summed E-state index contributed by atoms with van der Waals surface area (Å²) >= 11 is 0. The largest absolute Gasteiger partial charge is 0.481 e. The third-order valence-electron chi connectivity index (χ3n) is 15.1. The Hall–Kier alpha value is -1.36.